The van der Waals surface area contributed by atoms with Crippen LogP contribution in [-0.4, -0.2) is 33.3 Å². The van der Waals surface area contributed by atoms with Crippen LogP contribution in [0.15, 0.2) is 16.8 Å². The molecule has 0 unspecified atom stereocenters. The third kappa shape index (κ3) is 1.93. The van der Waals surface area contributed by atoms with E-state index in [9.17, 15) is 10.2 Å². The van der Waals surface area contributed by atoms with Gasteiger partial charge in [-0.15, -0.1) is 0 Å². The predicted octanol–water partition coefficient (Wildman–Crippen LogP) is 2.72. The number of nitrogens with zero attached hydrogens (tertiary/aromatic N) is 1. The van der Waals surface area contributed by atoms with Crippen LogP contribution in [0.2, 0.25) is 0 Å². The molecule has 0 radical (unpaired) electrons. The molecule has 0 bridgehead atoms. The first-order valence-electron chi connectivity index (χ1n) is 8.82. The summed E-state index contributed by atoms with van der Waals surface area (Å²) in [6.07, 6.45) is 8.39. The number of hydrogen-bond donors (Lipinski definition) is 3. The Morgan fingerprint density at radius 3 is 2.73 bits per heavy atom. The largest absolute Gasteiger partial charge is 0.411 e. The summed E-state index contributed by atoms with van der Waals surface area (Å²) in [7, 11) is 0. The maximum absolute atomic E-state index is 10.6. The molecule has 4 rings (SSSR count). The van der Waals surface area contributed by atoms with Gasteiger partial charge in [-0.1, -0.05) is 17.7 Å². The molecule has 3 N–H and O–H groups in total. The van der Waals surface area contributed by atoms with Crippen molar-refractivity contribution in [2.75, 3.05) is 0 Å². The Morgan fingerprint density at radius 2 is 1.95 bits per heavy atom. The topological polar surface area (TPSA) is 73.1 Å². The molecule has 7 atom stereocenters. The van der Waals surface area contributed by atoms with Gasteiger partial charge < -0.3 is 15.4 Å². The number of oxime groups is 1. The van der Waals surface area contributed by atoms with Crippen LogP contribution < -0.4 is 0 Å². The highest BCUT2D eigenvalue weighted by atomic mass is 16.4. The Kier molecular flexibility index (Phi) is 3.39. The van der Waals surface area contributed by atoms with Crippen molar-refractivity contribution in [2.24, 2.45) is 34.2 Å². The highest BCUT2D eigenvalue weighted by Crippen LogP contribution is 2.61. The first-order chi connectivity index (χ1) is 10.5. The molecule has 4 nitrogen and oxygen atoms in total. The van der Waals surface area contributed by atoms with E-state index >= 15 is 0 Å². The zero-order chi connectivity index (χ0) is 15.5. The lowest BCUT2D eigenvalue weighted by Crippen LogP contribution is -2.50. The minimum Gasteiger partial charge on any atom is -0.411 e. The van der Waals surface area contributed by atoms with Crippen LogP contribution in [0.3, 0.4) is 0 Å². The fourth-order valence-electron chi connectivity index (χ4n) is 6.31. The molecule has 0 heterocycles. The normalized spacial score (nSPS) is 52.7. The van der Waals surface area contributed by atoms with Gasteiger partial charge in [0.2, 0.25) is 0 Å². The van der Waals surface area contributed by atoms with E-state index in [1.807, 2.05) is 6.08 Å². The van der Waals surface area contributed by atoms with Crippen molar-refractivity contribution in [1.29, 1.82) is 0 Å². The molecule has 22 heavy (non-hydrogen) atoms. The lowest BCUT2D eigenvalue weighted by atomic mass is 9.52. The third-order valence-corrected chi connectivity index (χ3v) is 7.41. The molecule has 0 aromatic rings. The lowest BCUT2D eigenvalue weighted by Gasteiger charge is -2.54. The molecular formula is C18H27NO3. The molecule has 0 amide bonds. The summed E-state index contributed by atoms with van der Waals surface area (Å²) >= 11 is 0. The first-order valence-corrected chi connectivity index (χ1v) is 8.82. The summed E-state index contributed by atoms with van der Waals surface area (Å²) in [5.41, 5.74) is 2.00. The zero-order valence-electron chi connectivity index (χ0n) is 13.3. The Labute approximate surface area is 131 Å². The van der Waals surface area contributed by atoms with Crippen LogP contribution in [-0.2, 0) is 0 Å². The molecule has 3 fully saturated rings. The average Bonchev–Trinajstić information content (AvgIpc) is 2.82. The number of aliphatic hydroxyl groups excluding tert-OH is 2. The van der Waals surface area contributed by atoms with Crippen molar-refractivity contribution in [2.45, 2.75) is 64.1 Å². The van der Waals surface area contributed by atoms with Crippen molar-refractivity contribution in [3.05, 3.63) is 11.6 Å². The number of fused-ring (bicyclic) bond motifs is 5. The molecule has 122 valence electrons. The summed E-state index contributed by atoms with van der Waals surface area (Å²) in [4.78, 5) is 0. The van der Waals surface area contributed by atoms with Gasteiger partial charge in [-0.3, -0.25) is 0 Å². The van der Waals surface area contributed by atoms with E-state index in [4.69, 9.17) is 5.21 Å². The Morgan fingerprint density at radius 1 is 1.14 bits per heavy atom. The van der Waals surface area contributed by atoms with E-state index in [2.05, 4.69) is 12.1 Å². The van der Waals surface area contributed by atoms with Crippen LogP contribution >= 0.6 is 0 Å². The SMILES string of the molecule is C[C@]12CC[C@H]3[C@@H](CCC4=C/C(=N/O)C[C@@H](O)[C@@H]43)[C@@H]1CC[C@@H]2O. The molecule has 0 aliphatic heterocycles. The van der Waals surface area contributed by atoms with Gasteiger partial charge in [0.1, 0.15) is 0 Å². The Bertz CT molecular complexity index is 528. The van der Waals surface area contributed by atoms with E-state index in [0.717, 1.165) is 38.5 Å². The highest BCUT2D eigenvalue weighted by molar-refractivity contribution is 5.96. The van der Waals surface area contributed by atoms with Crippen LogP contribution in [0.4, 0.5) is 0 Å². The van der Waals surface area contributed by atoms with Crippen molar-refractivity contribution in [3.8, 4) is 0 Å². The van der Waals surface area contributed by atoms with Crippen LogP contribution in [0, 0.1) is 29.1 Å². The van der Waals surface area contributed by atoms with Crippen molar-refractivity contribution in [1.82, 2.24) is 0 Å². The van der Waals surface area contributed by atoms with Gasteiger partial charge in [-0.05, 0) is 67.8 Å². The van der Waals surface area contributed by atoms with Crippen molar-refractivity contribution >= 4 is 5.71 Å². The quantitative estimate of drug-likeness (QED) is 0.476. The fourth-order valence-corrected chi connectivity index (χ4v) is 6.31. The zero-order valence-corrected chi connectivity index (χ0v) is 13.3. The fraction of sp³-hybridized carbons (Fsp3) is 0.833. The maximum Gasteiger partial charge on any atom is 0.0821 e. The highest BCUT2D eigenvalue weighted by Gasteiger charge is 2.56. The Balaban J connectivity index is 1.65. The van der Waals surface area contributed by atoms with E-state index < -0.39 is 6.10 Å². The van der Waals surface area contributed by atoms with E-state index in [-0.39, 0.29) is 17.4 Å². The molecule has 4 heteroatoms. The molecule has 0 aromatic heterocycles. The number of rotatable bonds is 0. The second-order valence-corrected chi connectivity index (χ2v) is 8.22. The van der Waals surface area contributed by atoms with Crippen molar-refractivity contribution in [3.63, 3.8) is 0 Å². The second-order valence-electron chi connectivity index (χ2n) is 8.22. The number of aliphatic hydroxyl groups is 2. The molecule has 4 aliphatic rings. The molecule has 4 aliphatic carbocycles. The minimum atomic E-state index is -0.408. The summed E-state index contributed by atoms with van der Waals surface area (Å²) in [6.45, 7) is 2.28. The van der Waals surface area contributed by atoms with Gasteiger partial charge in [0.05, 0.1) is 17.9 Å². The first kappa shape index (κ1) is 14.7. The number of hydrogen-bond acceptors (Lipinski definition) is 4. The summed E-state index contributed by atoms with van der Waals surface area (Å²) in [5.74, 6) is 2.04. The van der Waals surface area contributed by atoms with Gasteiger partial charge in [-0.2, -0.15) is 0 Å². The van der Waals surface area contributed by atoms with E-state index in [0.29, 0.717) is 29.9 Å². The van der Waals surface area contributed by atoms with Crippen LogP contribution in [0.25, 0.3) is 0 Å². The smallest absolute Gasteiger partial charge is 0.0821 e. The third-order valence-electron chi connectivity index (χ3n) is 7.41. The summed E-state index contributed by atoms with van der Waals surface area (Å²) in [5, 5.41) is 33.4. The minimum absolute atomic E-state index is 0.0969. The summed E-state index contributed by atoms with van der Waals surface area (Å²) < 4.78 is 0. The summed E-state index contributed by atoms with van der Waals surface area (Å²) in [6, 6.07) is 0. The standard InChI is InChI=1S/C18H27NO3/c1-18-7-6-13-12(14(18)4-5-16(18)21)3-2-10-8-11(19-22)9-15(20)17(10)13/h8,12-17,20-22H,2-7,9H2,1H3/b19-11-/t12-,13+,14+,15-,16+,17+,18+/m1/s1. The monoisotopic (exact) mass is 305 g/mol. The van der Waals surface area contributed by atoms with Gasteiger partial charge in [0, 0.05) is 12.3 Å². The van der Waals surface area contributed by atoms with Crippen molar-refractivity contribution < 1.29 is 15.4 Å². The molecule has 3 saturated carbocycles. The van der Waals surface area contributed by atoms with Gasteiger partial charge in [0.15, 0.2) is 0 Å². The maximum atomic E-state index is 10.6. The van der Waals surface area contributed by atoms with E-state index in [1.165, 1.54) is 5.57 Å². The Hall–Kier alpha value is -0.870. The molecule has 0 saturated heterocycles. The molecule has 0 aromatic carbocycles. The van der Waals surface area contributed by atoms with Crippen LogP contribution in [0.5, 0.6) is 0 Å². The average molecular weight is 305 g/mol. The van der Waals surface area contributed by atoms with Gasteiger partial charge >= 0.3 is 0 Å². The van der Waals surface area contributed by atoms with E-state index in [1.54, 1.807) is 0 Å². The lowest BCUT2D eigenvalue weighted by molar-refractivity contribution is -0.0686. The molecular weight excluding hydrogens is 278 g/mol. The second kappa shape index (κ2) is 5.07. The van der Waals surface area contributed by atoms with Crippen LogP contribution in [0.1, 0.15) is 51.9 Å². The van der Waals surface area contributed by atoms with Gasteiger partial charge in [0.25, 0.3) is 0 Å². The van der Waals surface area contributed by atoms with Gasteiger partial charge in [-0.25, -0.2) is 0 Å². The molecule has 0 spiro atoms. The number of allylic oxidation sites excluding steroid dienone is 1. The predicted molar refractivity (Wildman–Crippen MR) is 83.7 cm³/mol.